The molecule has 0 saturated heterocycles. The van der Waals surface area contributed by atoms with E-state index in [4.69, 9.17) is 16.6 Å². The molecule has 124 valence electrons. The summed E-state index contributed by atoms with van der Waals surface area (Å²) in [5.74, 6) is 0.658. The van der Waals surface area contributed by atoms with Gasteiger partial charge in [-0.15, -0.1) is 0 Å². The minimum absolute atomic E-state index is 0.0500. The maximum Gasteiger partial charge on any atom is 0.272 e. The average Bonchev–Trinajstić information content (AvgIpc) is 3.01. The van der Waals surface area contributed by atoms with Crippen molar-refractivity contribution in [2.45, 2.75) is 38.5 Å². The number of hydrogen-bond acceptors (Lipinski definition) is 2. The standard InChI is InChI=1S/C19H20ClN3O/c20-15-8-6-14(7-9-15)17-12-21-23-18(24)11-16(22-19(17)23)10-13-4-2-1-3-5-13/h6-9,11-13,21H,1-5,10H2. The molecule has 0 bridgehead atoms. The molecule has 1 aromatic carbocycles. The smallest absolute Gasteiger partial charge is 0.272 e. The lowest BCUT2D eigenvalue weighted by atomic mass is 9.86. The molecular weight excluding hydrogens is 322 g/mol. The van der Waals surface area contributed by atoms with Crippen molar-refractivity contribution in [3.05, 3.63) is 57.6 Å². The molecule has 1 aliphatic carbocycles. The highest BCUT2D eigenvalue weighted by Crippen LogP contribution is 2.27. The molecule has 3 aromatic rings. The first-order valence-corrected chi connectivity index (χ1v) is 8.94. The van der Waals surface area contributed by atoms with Crippen LogP contribution in [-0.2, 0) is 6.42 Å². The van der Waals surface area contributed by atoms with Gasteiger partial charge in [-0.1, -0.05) is 55.8 Å². The number of aromatic amines is 1. The van der Waals surface area contributed by atoms with Crippen molar-refractivity contribution in [2.24, 2.45) is 5.92 Å². The van der Waals surface area contributed by atoms with E-state index in [2.05, 4.69) is 5.10 Å². The van der Waals surface area contributed by atoms with Gasteiger partial charge in [-0.05, 0) is 30.0 Å². The number of halogens is 1. The van der Waals surface area contributed by atoms with Crippen LogP contribution in [0.3, 0.4) is 0 Å². The van der Waals surface area contributed by atoms with Gasteiger partial charge in [0.05, 0.1) is 0 Å². The van der Waals surface area contributed by atoms with E-state index < -0.39 is 0 Å². The summed E-state index contributed by atoms with van der Waals surface area (Å²) >= 11 is 5.97. The van der Waals surface area contributed by atoms with Crippen molar-refractivity contribution in [3.63, 3.8) is 0 Å². The number of aromatic nitrogens is 3. The summed E-state index contributed by atoms with van der Waals surface area (Å²) in [6.07, 6.45) is 9.16. The summed E-state index contributed by atoms with van der Waals surface area (Å²) in [4.78, 5) is 17.2. The summed E-state index contributed by atoms with van der Waals surface area (Å²) < 4.78 is 1.51. The van der Waals surface area contributed by atoms with Gasteiger partial charge in [0.25, 0.3) is 5.56 Å². The predicted molar refractivity (Wildman–Crippen MR) is 96.5 cm³/mol. The van der Waals surface area contributed by atoms with Gasteiger partial charge in [0.2, 0.25) is 0 Å². The van der Waals surface area contributed by atoms with Gasteiger partial charge in [0.15, 0.2) is 5.65 Å². The van der Waals surface area contributed by atoms with Crippen LogP contribution in [0.1, 0.15) is 37.8 Å². The molecule has 0 atom stereocenters. The van der Waals surface area contributed by atoms with Crippen LogP contribution in [0.25, 0.3) is 16.8 Å². The van der Waals surface area contributed by atoms with Crippen molar-refractivity contribution in [1.29, 1.82) is 0 Å². The molecule has 4 rings (SSSR count). The zero-order valence-electron chi connectivity index (χ0n) is 13.5. The van der Waals surface area contributed by atoms with E-state index in [-0.39, 0.29) is 5.56 Å². The molecule has 4 nitrogen and oxygen atoms in total. The second-order valence-electron chi connectivity index (χ2n) is 6.65. The molecule has 1 N–H and O–H groups in total. The highest BCUT2D eigenvalue weighted by molar-refractivity contribution is 6.30. The minimum Gasteiger partial charge on any atom is -0.296 e. The van der Waals surface area contributed by atoms with Crippen LogP contribution >= 0.6 is 11.6 Å². The molecule has 1 aliphatic rings. The molecule has 0 radical (unpaired) electrons. The van der Waals surface area contributed by atoms with Crippen LogP contribution in [0.4, 0.5) is 0 Å². The zero-order valence-corrected chi connectivity index (χ0v) is 14.2. The molecule has 24 heavy (non-hydrogen) atoms. The zero-order chi connectivity index (χ0) is 16.5. The van der Waals surface area contributed by atoms with Crippen LogP contribution in [0.15, 0.2) is 41.3 Å². The Bertz CT molecular complexity index is 905. The van der Waals surface area contributed by atoms with Crippen LogP contribution in [0.2, 0.25) is 5.02 Å². The van der Waals surface area contributed by atoms with Crippen molar-refractivity contribution in [2.75, 3.05) is 0 Å². The molecule has 1 saturated carbocycles. The molecule has 1 fully saturated rings. The molecule has 0 spiro atoms. The molecule has 0 amide bonds. The third-order valence-electron chi connectivity index (χ3n) is 4.93. The van der Waals surface area contributed by atoms with E-state index in [0.717, 1.165) is 23.2 Å². The van der Waals surface area contributed by atoms with E-state index in [1.807, 2.05) is 30.5 Å². The Labute approximate surface area is 145 Å². The van der Waals surface area contributed by atoms with Gasteiger partial charge in [-0.3, -0.25) is 9.89 Å². The van der Waals surface area contributed by atoms with Gasteiger partial charge >= 0.3 is 0 Å². The lowest BCUT2D eigenvalue weighted by Crippen LogP contribution is -2.18. The second kappa shape index (κ2) is 6.44. The van der Waals surface area contributed by atoms with Crippen LogP contribution in [0, 0.1) is 5.92 Å². The fourth-order valence-electron chi connectivity index (χ4n) is 3.66. The SMILES string of the molecule is O=c1cc(CC2CCCCC2)nc2c(-c3ccc(Cl)cc3)c[nH]n12. The summed E-state index contributed by atoms with van der Waals surface area (Å²) in [6.45, 7) is 0. The molecule has 2 aromatic heterocycles. The summed E-state index contributed by atoms with van der Waals surface area (Å²) in [5, 5.41) is 3.71. The third kappa shape index (κ3) is 2.98. The van der Waals surface area contributed by atoms with Gasteiger partial charge in [-0.2, -0.15) is 0 Å². The lowest BCUT2D eigenvalue weighted by Gasteiger charge is -2.20. The van der Waals surface area contributed by atoms with Crippen molar-refractivity contribution in [1.82, 2.24) is 14.6 Å². The highest BCUT2D eigenvalue weighted by Gasteiger charge is 2.17. The van der Waals surface area contributed by atoms with Gasteiger partial charge < -0.3 is 0 Å². The second-order valence-corrected chi connectivity index (χ2v) is 7.08. The quantitative estimate of drug-likeness (QED) is 0.764. The van der Waals surface area contributed by atoms with Gasteiger partial charge in [0, 0.05) is 28.5 Å². The third-order valence-corrected chi connectivity index (χ3v) is 5.18. The first-order valence-electron chi connectivity index (χ1n) is 8.57. The number of hydrogen-bond donors (Lipinski definition) is 1. The fraction of sp³-hybridized carbons (Fsp3) is 0.368. The van der Waals surface area contributed by atoms with Crippen LogP contribution in [0.5, 0.6) is 0 Å². The molecule has 5 heteroatoms. The van der Waals surface area contributed by atoms with Crippen LogP contribution < -0.4 is 5.56 Å². The van der Waals surface area contributed by atoms with Crippen molar-refractivity contribution in [3.8, 4) is 11.1 Å². The summed E-state index contributed by atoms with van der Waals surface area (Å²) in [7, 11) is 0. The minimum atomic E-state index is -0.0500. The Morgan fingerprint density at radius 3 is 2.67 bits per heavy atom. The fourth-order valence-corrected chi connectivity index (χ4v) is 3.79. The first-order chi connectivity index (χ1) is 11.7. The largest absolute Gasteiger partial charge is 0.296 e. The Kier molecular flexibility index (Phi) is 4.15. The summed E-state index contributed by atoms with van der Waals surface area (Å²) in [6, 6.07) is 9.27. The number of rotatable bonds is 3. The van der Waals surface area contributed by atoms with Crippen molar-refractivity contribution < 1.29 is 0 Å². The number of nitrogens with one attached hydrogen (secondary N) is 1. The first kappa shape index (κ1) is 15.5. The molecule has 0 aliphatic heterocycles. The highest BCUT2D eigenvalue weighted by atomic mass is 35.5. The van der Waals surface area contributed by atoms with Gasteiger partial charge in [-0.25, -0.2) is 9.50 Å². The number of fused-ring (bicyclic) bond motifs is 1. The number of benzene rings is 1. The van der Waals surface area contributed by atoms with E-state index in [9.17, 15) is 4.79 Å². The van der Waals surface area contributed by atoms with E-state index in [1.165, 1.54) is 36.6 Å². The average molecular weight is 342 g/mol. The number of H-pyrrole nitrogens is 1. The molecule has 0 unspecified atom stereocenters. The lowest BCUT2D eigenvalue weighted by molar-refractivity contribution is 0.354. The topological polar surface area (TPSA) is 50.2 Å². The van der Waals surface area contributed by atoms with Crippen molar-refractivity contribution >= 4 is 17.2 Å². The maximum absolute atomic E-state index is 12.4. The van der Waals surface area contributed by atoms with E-state index >= 15 is 0 Å². The molecular formula is C19H20ClN3O. The van der Waals surface area contributed by atoms with E-state index in [1.54, 1.807) is 6.07 Å². The number of nitrogens with zero attached hydrogens (tertiary/aromatic N) is 2. The normalized spacial score (nSPS) is 15.9. The Morgan fingerprint density at radius 2 is 1.92 bits per heavy atom. The Balaban J connectivity index is 1.74. The maximum atomic E-state index is 12.4. The molecule has 2 heterocycles. The van der Waals surface area contributed by atoms with Crippen LogP contribution in [-0.4, -0.2) is 14.6 Å². The Morgan fingerprint density at radius 1 is 1.17 bits per heavy atom. The van der Waals surface area contributed by atoms with Gasteiger partial charge in [0.1, 0.15) is 0 Å². The Hall–Kier alpha value is -2.07. The van der Waals surface area contributed by atoms with E-state index in [0.29, 0.717) is 16.6 Å². The predicted octanol–water partition coefficient (Wildman–Crippen LogP) is 4.47. The summed E-state index contributed by atoms with van der Waals surface area (Å²) in [5.41, 5.74) is 3.47. The monoisotopic (exact) mass is 341 g/mol.